The summed E-state index contributed by atoms with van der Waals surface area (Å²) < 4.78 is 1.97. The summed E-state index contributed by atoms with van der Waals surface area (Å²) in [7, 11) is 0. The predicted octanol–water partition coefficient (Wildman–Crippen LogP) is 4.38. The lowest BCUT2D eigenvalue weighted by molar-refractivity contribution is -0.153. The van der Waals surface area contributed by atoms with Crippen LogP contribution in [0.3, 0.4) is 0 Å². The van der Waals surface area contributed by atoms with E-state index in [4.69, 9.17) is 11.6 Å². The lowest BCUT2D eigenvalue weighted by Crippen LogP contribution is -2.47. The molecule has 5 rings (SSSR count). The van der Waals surface area contributed by atoms with Gasteiger partial charge in [-0.1, -0.05) is 42.3 Å². The molecule has 2 aromatic carbocycles. The highest BCUT2D eigenvalue weighted by Gasteiger charge is 2.38. The van der Waals surface area contributed by atoms with E-state index in [0.29, 0.717) is 23.9 Å². The molecule has 8 heteroatoms. The molecule has 2 N–H and O–H groups in total. The fourth-order valence-corrected chi connectivity index (χ4v) is 5.53. The highest BCUT2D eigenvalue weighted by atomic mass is 35.5. The minimum absolute atomic E-state index is 0.0255. The average molecular weight is 522 g/mol. The second-order valence-electron chi connectivity index (χ2n) is 10.1. The minimum atomic E-state index is -1.79. The first kappa shape index (κ1) is 25.6. The average Bonchev–Trinajstić information content (AvgIpc) is 3.56. The van der Waals surface area contributed by atoms with Gasteiger partial charge in [0, 0.05) is 35.8 Å². The maximum atomic E-state index is 13.0. The summed E-state index contributed by atoms with van der Waals surface area (Å²) in [5.41, 5.74) is 4.02. The van der Waals surface area contributed by atoms with Crippen molar-refractivity contribution in [3.8, 4) is 5.69 Å². The summed E-state index contributed by atoms with van der Waals surface area (Å²) in [4.78, 5) is 27.2. The van der Waals surface area contributed by atoms with Crippen LogP contribution in [0.15, 0.2) is 60.8 Å². The second kappa shape index (κ2) is 11.2. The molecule has 2 heterocycles. The number of halogens is 1. The number of aliphatic hydroxyl groups excluding tert-OH is 2. The Labute approximate surface area is 221 Å². The van der Waals surface area contributed by atoms with Gasteiger partial charge in [0.15, 0.2) is 11.9 Å². The molecule has 0 radical (unpaired) electrons. The van der Waals surface area contributed by atoms with Gasteiger partial charge in [-0.3, -0.25) is 9.59 Å². The first-order valence-electron chi connectivity index (χ1n) is 13.0. The number of rotatable bonds is 9. The van der Waals surface area contributed by atoms with E-state index >= 15 is 0 Å². The number of ketones is 1. The maximum absolute atomic E-state index is 13.0. The van der Waals surface area contributed by atoms with Gasteiger partial charge in [0.25, 0.3) is 5.91 Å². The van der Waals surface area contributed by atoms with E-state index in [0.717, 1.165) is 29.7 Å². The summed E-state index contributed by atoms with van der Waals surface area (Å²) in [6.45, 7) is 0.457. The van der Waals surface area contributed by atoms with E-state index in [1.165, 1.54) is 25.0 Å². The van der Waals surface area contributed by atoms with Crippen LogP contribution in [-0.2, 0) is 16.0 Å². The van der Waals surface area contributed by atoms with Gasteiger partial charge in [0.2, 0.25) is 0 Å². The Morgan fingerprint density at radius 3 is 2.49 bits per heavy atom. The van der Waals surface area contributed by atoms with Gasteiger partial charge in [0.05, 0.1) is 11.7 Å². The zero-order chi connectivity index (χ0) is 25.9. The largest absolute Gasteiger partial charge is 0.382 e. The van der Waals surface area contributed by atoms with Gasteiger partial charge in [0.1, 0.15) is 6.10 Å². The minimum Gasteiger partial charge on any atom is -0.382 e. The molecule has 3 aromatic rings. The van der Waals surface area contributed by atoms with E-state index in [9.17, 15) is 19.8 Å². The molecule has 1 aliphatic carbocycles. The van der Waals surface area contributed by atoms with Crippen molar-refractivity contribution in [2.75, 3.05) is 6.54 Å². The number of amides is 1. The van der Waals surface area contributed by atoms with Crippen molar-refractivity contribution >= 4 is 23.3 Å². The van der Waals surface area contributed by atoms with E-state index in [-0.39, 0.29) is 12.5 Å². The van der Waals surface area contributed by atoms with Crippen LogP contribution in [0.5, 0.6) is 0 Å². The molecule has 1 aromatic heterocycles. The molecule has 1 aliphatic heterocycles. The monoisotopic (exact) mass is 521 g/mol. The molecule has 37 heavy (non-hydrogen) atoms. The number of likely N-dealkylation sites (tertiary alicyclic amines) is 1. The van der Waals surface area contributed by atoms with E-state index in [1.54, 1.807) is 17.0 Å². The van der Waals surface area contributed by atoms with Crippen LogP contribution in [0.2, 0.25) is 5.02 Å². The number of aromatic nitrogens is 2. The Balaban J connectivity index is 1.17. The first-order valence-corrected chi connectivity index (χ1v) is 13.4. The number of carbonyl (C=O) groups is 2. The summed E-state index contributed by atoms with van der Waals surface area (Å²) in [6.07, 6.45) is 3.86. The Morgan fingerprint density at radius 1 is 1.00 bits per heavy atom. The van der Waals surface area contributed by atoms with Crippen LogP contribution in [0.1, 0.15) is 67.3 Å². The highest BCUT2D eigenvalue weighted by Crippen LogP contribution is 2.37. The third kappa shape index (κ3) is 5.49. The third-order valence-corrected chi connectivity index (χ3v) is 7.92. The van der Waals surface area contributed by atoms with E-state index in [1.807, 2.05) is 47.3 Å². The van der Waals surface area contributed by atoms with Gasteiger partial charge in [-0.25, -0.2) is 4.68 Å². The summed E-state index contributed by atoms with van der Waals surface area (Å²) in [5, 5.41) is 26.1. The van der Waals surface area contributed by atoms with E-state index < -0.39 is 23.9 Å². The molecule has 2 aliphatic rings. The van der Waals surface area contributed by atoms with Crippen molar-refractivity contribution in [2.45, 2.75) is 69.1 Å². The summed E-state index contributed by atoms with van der Waals surface area (Å²) in [6, 6.07) is 17.0. The van der Waals surface area contributed by atoms with Gasteiger partial charge in [-0.2, -0.15) is 5.10 Å². The summed E-state index contributed by atoms with van der Waals surface area (Å²) in [5.74, 6) is -0.617. The number of benzene rings is 2. The number of Topliss-reactive ketones (excluding diaryl/α,β-unsaturated/α-hetero) is 1. The number of aliphatic hydroxyl groups is 2. The molecule has 0 bridgehead atoms. The van der Waals surface area contributed by atoms with Crippen molar-refractivity contribution in [1.82, 2.24) is 14.7 Å². The molecule has 1 unspecified atom stereocenters. The third-order valence-electron chi connectivity index (χ3n) is 7.69. The fourth-order valence-electron chi connectivity index (χ4n) is 5.33. The first-order chi connectivity index (χ1) is 17.9. The Morgan fingerprint density at radius 2 is 1.78 bits per heavy atom. The van der Waals surface area contributed by atoms with Gasteiger partial charge in [-0.05, 0) is 73.6 Å². The fraction of sp³-hybridized carbons (Fsp3) is 0.414. The van der Waals surface area contributed by atoms with E-state index in [2.05, 4.69) is 11.2 Å². The second-order valence-corrected chi connectivity index (χ2v) is 10.5. The number of hydrogen-bond acceptors (Lipinski definition) is 5. The lowest BCUT2D eigenvalue weighted by atomic mass is 9.83. The molecule has 194 valence electrons. The highest BCUT2D eigenvalue weighted by molar-refractivity contribution is 6.30. The molecule has 2 fully saturated rings. The molecule has 7 nitrogen and oxygen atoms in total. The van der Waals surface area contributed by atoms with Crippen LogP contribution >= 0.6 is 11.6 Å². The number of aryl methyl sites for hydroxylation is 1. The molecule has 3 atom stereocenters. The van der Waals surface area contributed by atoms with Gasteiger partial charge >= 0.3 is 0 Å². The van der Waals surface area contributed by atoms with Crippen LogP contribution in [0.25, 0.3) is 5.69 Å². The standard InChI is InChI=1S/C29H32ClN3O4/c30-22-7-2-6-21(18-22)24-8-3-17-32(24)29(37)28(36)27(35)26(34)14-11-19-9-12-23(13-10-19)33-25(15-16-31-33)20-4-1-5-20/h2,6-7,9-10,12-13,15-16,18,20,24,27-28,35-36H,1,3-5,8,11,14,17H2/t24?,27-,28+/m0/s1. The molecular weight excluding hydrogens is 490 g/mol. The van der Waals surface area contributed by atoms with Crippen LogP contribution < -0.4 is 0 Å². The van der Waals surface area contributed by atoms with Crippen molar-refractivity contribution in [1.29, 1.82) is 0 Å². The topological polar surface area (TPSA) is 95.7 Å². The summed E-state index contributed by atoms with van der Waals surface area (Å²) >= 11 is 6.11. The normalized spacial score (nSPS) is 19.4. The van der Waals surface area contributed by atoms with Gasteiger partial charge < -0.3 is 15.1 Å². The van der Waals surface area contributed by atoms with Crippen molar-refractivity contribution < 1.29 is 19.8 Å². The quantitative estimate of drug-likeness (QED) is 0.435. The Bertz CT molecular complexity index is 1250. The van der Waals surface area contributed by atoms with Crippen LogP contribution in [0, 0.1) is 0 Å². The number of hydrogen-bond donors (Lipinski definition) is 2. The molecule has 1 saturated carbocycles. The molecular formula is C29H32ClN3O4. The van der Waals surface area contributed by atoms with Crippen LogP contribution in [-0.4, -0.2) is 55.3 Å². The lowest BCUT2D eigenvalue weighted by Gasteiger charge is -2.28. The Hall–Kier alpha value is -3.00. The number of carbonyl (C=O) groups excluding carboxylic acids is 2. The zero-order valence-electron chi connectivity index (χ0n) is 20.7. The van der Waals surface area contributed by atoms with Gasteiger partial charge in [-0.15, -0.1) is 0 Å². The molecule has 1 amide bonds. The molecule has 1 saturated heterocycles. The SMILES string of the molecule is O=C(CCc1ccc(-n2nccc2C2CCC2)cc1)[C@H](O)[C@@H](O)C(=O)N1CCCC1c1cccc(Cl)c1. The van der Waals surface area contributed by atoms with Crippen molar-refractivity contribution in [3.63, 3.8) is 0 Å². The Kier molecular flexibility index (Phi) is 7.74. The maximum Gasteiger partial charge on any atom is 0.255 e. The smallest absolute Gasteiger partial charge is 0.255 e. The number of nitrogens with zero attached hydrogens (tertiary/aromatic N) is 3. The van der Waals surface area contributed by atoms with Crippen LogP contribution in [0.4, 0.5) is 0 Å². The van der Waals surface area contributed by atoms with Crippen molar-refractivity contribution in [3.05, 3.63) is 82.6 Å². The van der Waals surface area contributed by atoms with Crippen molar-refractivity contribution in [2.24, 2.45) is 0 Å². The zero-order valence-corrected chi connectivity index (χ0v) is 21.4. The molecule has 0 spiro atoms. The predicted molar refractivity (Wildman–Crippen MR) is 141 cm³/mol.